The van der Waals surface area contributed by atoms with E-state index >= 15 is 0 Å². The predicted octanol–water partition coefficient (Wildman–Crippen LogP) is 2.87. The van der Waals surface area contributed by atoms with Gasteiger partial charge in [0.2, 0.25) is 0 Å². The van der Waals surface area contributed by atoms with Crippen molar-refractivity contribution >= 4 is 16.5 Å². The molecule has 2 aromatic rings. The van der Waals surface area contributed by atoms with E-state index in [0.717, 1.165) is 5.69 Å². The maximum atomic E-state index is 12.6. The van der Waals surface area contributed by atoms with Crippen LogP contribution in [0.3, 0.4) is 0 Å². The highest BCUT2D eigenvalue weighted by Gasteiger charge is 2.20. The number of anilines is 1. The van der Waals surface area contributed by atoms with Gasteiger partial charge in [0, 0.05) is 23.0 Å². The molecule has 2 aromatic heterocycles. The van der Waals surface area contributed by atoms with E-state index in [1.807, 2.05) is 29.0 Å². The Morgan fingerprint density at radius 3 is 2.53 bits per heavy atom. The quantitative estimate of drug-likeness (QED) is 0.918. The third-order valence-corrected chi connectivity index (χ3v) is 3.73. The van der Waals surface area contributed by atoms with Gasteiger partial charge in [-0.15, -0.1) is 11.3 Å². The molecule has 0 aliphatic heterocycles. The molecule has 0 aromatic carbocycles. The van der Waals surface area contributed by atoms with E-state index in [-0.39, 0.29) is 11.0 Å². The van der Waals surface area contributed by atoms with Gasteiger partial charge < -0.3 is 10.3 Å². The minimum absolute atomic E-state index is 0.000208. The van der Waals surface area contributed by atoms with Crippen LogP contribution in [0.4, 0.5) is 5.13 Å². The molecule has 102 valence electrons. The lowest BCUT2D eigenvalue weighted by atomic mass is 9.90. The van der Waals surface area contributed by atoms with Crippen molar-refractivity contribution in [1.82, 2.24) is 9.55 Å². The molecule has 0 spiro atoms. The van der Waals surface area contributed by atoms with Crippen LogP contribution in [0.2, 0.25) is 0 Å². The van der Waals surface area contributed by atoms with E-state index in [0.29, 0.717) is 22.9 Å². The predicted molar refractivity (Wildman–Crippen MR) is 80.6 cm³/mol. The molecular formula is C14H19N3OS. The molecular weight excluding hydrogens is 258 g/mol. The Morgan fingerprint density at radius 1 is 1.37 bits per heavy atom. The van der Waals surface area contributed by atoms with Crippen LogP contribution < -0.4 is 11.3 Å². The number of thiazole rings is 1. The second kappa shape index (κ2) is 4.81. The fourth-order valence-corrected chi connectivity index (χ4v) is 2.72. The van der Waals surface area contributed by atoms with Gasteiger partial charge in [-0.1, -0.05) is 20.8 Å². The van der Waals surface area contributed by atoms with Gasteiger partial charge >= 0.3 is 0 Å². The molecule has 2 heterocycles. The van der Waals surface area contributed by atoms with Gasteiger partial charge in [-0.2, -0.15) is 0 Å². The summed E-state index contributed by atoms with van der Waals surface area (Å²) in [6.07, 6.45) is 0. The first-order valence-corrected chi connectivity index (χ1v) is 7.18. The van der Waals surface area contributed by atoms with Crippen molar-refractivity contribution < 1.29 is 0 Å². The zero-order valence-electron chi connectivity index (χ0n) is 11.7. The Labute approximate surface area is 116 Å². The van der Waals surface area contributed by atoms with Crippen molar-refractivity contribution in [2.45, 2.75) is 39.7 Å². The number of hydrogen-bond donors (Lipinski definition) is 1. The molecule has 0 unspecified atom stereocenters. The molecule has 0 aliphatic rings. The van der Waals surface area contributed by atoms with Gasteiger partial charge in [-0.3, -0.25) is 4.79 Å². The smallest absolute Gasteiger partial charge is 0.260 e. The highest BCUT2D eigenvalue weighted by atomic mass is 32.1. The Morgan fingerprint density at radius 2 is 2.05 bits per heavy atom. The topological polar surface area (TPSA) is 60.9 Å². The molecule has 2 rings (SSSR count). The van der Waals surface area contributed by atoms with Crippen LogP contribution in [0.1, 0.15) is 33.4 Å². The first-order chi connectivity index (χ1) is 8.84. The van der Waals surface area contributed by atoms with E-state index in [2.05, 4.69) is 25.8 Å². The number of hydrogen-bond acceptors (Lipinski definition) is 4. The summed E-state index contributed by atoms with van der Waals surface area (Å²) in [6.45, 7) is 8.95. The molecule has 0 saturated heterocycles. The number of nitrogen functional groups attached to an aromatic ring is 1. The number of rotatable bonds is 2. The lowest BCUT2D eigenvalue weighted by Crippen LogP contribution is -2.30. The molecule has 0 fully saturated rings. The van der Waals surface area contributed by atoms with Crippen molar-refractivity contribution in [2.24, 2.45) is 0 Å². The summed E-state index contributed by atoms with van der Waals surface area (Å²) in [6, 6.07) is 3.86. The molecule has 0 amide bonds. The van der Waals surface area contributed by atoms with Crippen molar-refractivity contribution in [3.63, 3.8) is 0 Å². The maximum Gasteiger partial charge on any atom is 0.260 e. The number of nitrogens with two attached hydrogens (primary N) is 1. The van der Waals surface area contributed by atoms with Gasteiger partial charge in [0.25, 0.3) is 5.56 Å². The van der Waals surface area contributed by atoms with E-state index in [9.17, 15) is 4.79 Å². The van der Waals surface area contributed by atoms with Crippen molar-refractivity contribution in [3.8, 4) is 11.3 Å². The first kappa shape index (κ1) is 13.8. The molecule has 0 atom stereocenters. The van der Waals surface area contributed by atoms with Crippen LogP contribution in [0.5, 0.6) is 0 Å². The van der Waals surface area contributed by atoms with Crippen molar-refractivity contribution in [1.29, 1.82) is 0 Å². The van der Waals surface area contributed by atoms with Crippen LogP contribution in [-0.2, 0) is 12.0 Å². The molecule has 19 heavy (non-hydrogen) atoms. The molecule has 5 heteroatoms. The maximum absolute atomic E-state index is 12.6. The lowest BCUT2D eigenvalue weighted by molar-refractivity contribution is 0.511. The number of aromatic nitrogens is 2. The van der Waals surface area contributed by atoms with Gasteiger partial charge in [-0.05, 0) is 19.1 Å². The minimum atomic E-state index is -0.0607. The van der Waals surface area contributed by atoms with Gasteiger partial charge in [0.1, 0.15) is 0 Å². The van der Waals surface area contributed by atoms with E-state index in [4.69, 9.17) is 5.73 Å². The standard InChI is InChI=1S/C14H19N3OS/c1-5-17-11(14(2,3)4)7-6-9(12(17)18)10-8-19-13(15)16-10/h6-8H,5H2,1-4H3,(H2,15,16). The summed E-state index contributed by atoms with van der Waals surface area (Å²) >= 11 is 1.35. The van der Waals surface area contributed by atoms with Crippen LogP contribution in [0.15, 0.2) is 22.3 Å². The van der Waals surface area contributed by atoms with Gasteiger partial charge in [-0.25, -0.2) is 4.98 Å². The normalized spacial score (nSPS) is 11.8. The van der Waals surface area contributed by atoms with Crippen LogP contribution >= 0.6 is 11.3 Å². The summed E-state index contributed by atoms with van der Waals surface area (Å²) in [5.41, 5.74) is 7.88. The first-order valence-electron chi connectivity index (χ1n) is 6.30. The van der Waals surface area contributed by atoms with Gasteiger partial charge in [0.15, 0.2) is 5.13 Å². The Hall–Kier alpha value is -1.62. The summed E-state index contributed by atoms with van der Waals surface area (Å²) in [5, 5.41) is 2.31. The van der Waals surface area contributed by atoms with Crippen LogP contribution in [0.25, 0.3) is 11.3 Å². The summed E-state index contributed by atoms with van der Waals surface area (Å²) < 4.78 is 1.81. The Balaban J connectivity index is 2.65. The van der Waals surface area contributed by atoms with Crippen molar-refractivity contribution in [3.05, 3.63) is 33.6 Å². The van der Waals surface area contributed by atoms with E-state index in [1.54, 1.807) is 0 Å². The molecule has 0 saturated carbocycles. The number of pyridine rings is 1. The average Bonchev–Trinajstić information content (AvgIpc) is 2.74. The summed E-state index contributed by atoms with van der Waals surface area (Å²) in [7, 11) is 0. The monoisotopic (exact) mass is 277 g/mol. The molecule has 2 N–H and O–H groups in total. The molecule has 0 radical (unpaired) electrons. The fourth-order valence-electron chi connectivity index (χ4n) is 2.15. The van der Waals surface area contributed by atoms with Crippen LogP contribution in [-0.4, -0.2) is 9.55 Å². The highest BCUT2D eigenvalue weighted by Crippen LogP contribution is 2.25. The summed E-state index contributed by atoms with van der Waals surface area (Å²) in [4.78, 5) is 16.8. The molecule has 0 aliphatic carbocycles. The SMILES string of the molecule is CCn1c(C(C)(C)C)ccc(-c2csc(N)n2)c1=O. The average molecular weight is 277 g/mol. The van der Waals surface area contributed by atoms with Crippen LogP contribution in [0, 0.1) is 0 Å². The number of nitrogens with zero attached hydrogens (tertiary/aromatic N) is 2. The van der Waals surface area contributed by atoms with E-state index < -0.39 is 0 Å². The largest absolute Gasteiger partial charge is 0.375 e. The van der Waals surface area contributed by atoms with Gasteiger partial charge in [0.05, 0.1) is 11.3 Å². The Bertz CT molecular complexity index is 649. The third-order valence-electron chi connectivity index (χ3n) is 3.06. The Kier molecular flexibility index (Phi) is 3.49. The lowest BCUT2D eigenvalue weighted by Gasteiger charge is -2.24. The van der Waals surface area contributed by atoms with E-state index in [1.165, 1.54) is 11.3 Å². The second-order valence-electron chi connectivity index (χ2n) is 5.50. The minimum Gasteiger partial charge on any atom is -0.375 e. The molecule has 4 nitrogen and oxygen atoms in total. The summed E-state index contributed by atoms with van der Waals surface area (Å²) in [5.74, 6) is 0. The highest BCUT2D eigenvalue weighted by molar-refractivity contribution is 7.13. The zero-order valence-corrected chi connectivity index (χ0v) is 12.5. The van der Waals surface area contributed by atoms with Crippen molar-refractivity contribution in [2.75, 3.05) is 5.73 Å². The fraction of sp³-hybridized carbons (Fsp3) is 0.429. The second-order valence-corrected chi connectivity index (χ2v) is 6.39. The zero-order chi connectivity index (χ0) is 14.2. The molecule has 0 bridgehead atoms. The third kappa shape index (κ3) is 2.56.